The fraction of sp³-hybridized carbons (Fsp3) is 0.400. The first kappa shape index (κ1) is 7.14. The SMILES string of the molecule is CCC(=O)[CH]C(=O)O. The third-order valence-corrected chi connectivity index (χ3v) is 0.633. The molecule has 0 amide bonds. The molecule has 0 bridgehead atoms. The lowest BCUT2D eigenvalue weighted by Crippen LogP contribution is -2.05. The minimum absolute atomic E-state index is 0.256. The monoisotopic (exact) mass is 115 g/mol. The first-order chi connectivity index (χ1) is 3.66. The Morgan fingerprint density at radius 1 is 1.62 bits per heavy atom. The number of carboxylic acid groups (broad SMARTS) is 1. The average Bonchev–Trinajstić information content (AvgIpc) is 1.65. The van der Waals surface area contributed by atoms with Gasteiger partial charge >= 0.3 is 5.97 Å². The van der Waals surface area contributed by atoms with Gasteiger partial charge in [-0.25, -0.2) is 0 Å². The Bertz CT molecular complexity index is 106. The zero-order chi connectivity index (χ0) is 6.57. The number of Topliss-reactive ketones (excluding diaryl/α,β-unsaturated/α-hetero) is 1. The van der Waals surface area contributed by atoms with Crippen LogP contribution in [0.2, 0.25) is 0 Å². The molecule has 0 aromatic carbocycles. The lowest BCUT2D eigenvalue weighted by Gasteiger charge is -1.85. The van der Waals surface area contributed by atoms with Crippen molar-refractivity contribution in [2.75, 3.05) is 0 Å². The van der Waals surface area contributed by atoms with E-state index in [1.54, 1.807) is 6.92 Å². The van der Waals surface area contributed by atoms with E-state index in [1.807, 2.05) is 0 Å². The predicted molar refractivity (Wildman–Crippen MR) is 27.2 cm³/mol. The molecule has 1 radical (unpaired) electrons. The summed E-state index contributed by atoms with van der Waals surface area (Å²) >= 11 is 0. The summed E-state index contributed by atoms with van der Waals surface area (Å²) in [6.07, 6.45) is 0.923. The van der Waals surface area contributed by atoms with E-state index in [0.717, 1.165) is 0 Å². The van der Waals surface area contributed by atoms with Crippen LogP contribution >= 0.6 is 0 Å². The lowest BCUT2D eigenvalue weighted by atomic mass is 10.2. The zero-order valence-corrected chi connectivity index (χ0v) is 4.55. The molecule has 0 saturated carbocycles. The molecular weight excluding hydrogens is 108 g/mol. The molecule has 0 aromatic rings. The number of aliphatic carboxylic acids is 1. The van der Waals surface area contributed by atoms with E-state index >= 15 is 0 Å². The van der Waals surface area contributed by atoms with Crippen LogP contribution < -0.4 is 0 Å². The minimum atomic E-state index is -1.17. The molecule has 0 aliphatic carbocycles. The number of hydrogen-bond donors (Lipinski definition) is 1. The van der Waals surface area contributed by atoms with E-state index in [0.29, 0.717) is 6.42 Å². The fourth-order valence-corrected chi connectivity index (χ4v) is 0.240. The van der Waals surface area contributed by atoms with Gasteiger partial charge < -0.3 is 5.11 Å². The van der Waals surface area contributed by atoms with Crippen molar-refractivity contribution >= 4 is 11.8 Å². The average molecular weight is 115 g/mol. The predicted octanol–water partition coefficient (Wildman–Crippen LogP) is 0.254. The second kappa shape index (κ2) is 3.18. The molecule has 0 unspecified atom stereocenters. The number of carbonyl (C=O) groups is 2. The van der Waals surface area contributed by atoms with Gasteiger partial charge in [0.1, 0.15) is 12.2 Å². The van der Waals surface area contributed by atoms with Crippen molar-refractivity contribution in [1.82, 2.24) is 0 Å². The van der Waals surface area contributed by atoms with Crippen molar-refractivity contribution in [2.45, 2.75) is 13.3 Å². The Balaban J connectivity index is 3.40. The molecule has 0 aliphatic heterocycles. The van der Waals surface area contributed by atoms with Crippen molar-refractivity contribution in [3.8, 4) is 0 Å². The molecule has 0 fully saturated rings. The van der Waals surface area contributed by atoms with Crippen LogP contribution in [0.5, 0.6) is 0 Å². The molecule has 0 rings (SSSR count). The highest BCUT2D eigenvalue weighted by molar-refractivity contribution is 6.06. The minimum Gasteiger partial charge on any atom is -0.481 e. The number of rotatable bonds is 3. The van der Waals surface area contributed by atoms with Gasteiger partial charge in [-0.15, -0.1) is 0 Å². The molecule has 0 aliphatic rings. The molecule has 3 nitrogen and oxygen atoms in total. The first-order valence-electron chi connectivity index (χ1n) is 2.27. The standard InChI is InChI=1S/C5H7O3/c1-2-4(6)3-5(7)8/h3H,2H2,1H3,(H,7,8). The molecule has 0 spiro atoms. The van der Waals surface area contributed by atoms with Crippen LogP contribution in [-0.4, -0.2) is 16.9 Å². The summed E-state index contributed by atoms with van der Waals surface area (Å²) in [7, 11) is 0. The largest absolute Gasteiger partial charge is 0.481 e. The van der Waals surface area contributed by atoms with E-state index in [-0.39, 0.29) is 12.2 Å². The van der Waals surface area contributed by atoms with Crippen molar-refractivity contribution in [3.63, 3.8) is 0 Å². The number of carboxylic acids is 1. The maximum atomic E-state index is 10.2. The van der Waals surface area contributed by atoms with Gasteiger partial charge in [0.05, 0.1) is 0 Å². The quantitative estimate of drug-likeness (QED) is 0.536. The maximum absolute atomic E-state index is 10.2. The lowest BCUT2D eigenvalue weighted by molar-refractivity contribution is -0.135. The van der Waals surface area contributed by atoms with Crippen LogP contribution in [0.3, 0.4) is 0 Å². The van der Waals surface area contributed by atoms with E-state index in [2.05, 4.69) is 0 Å². The highest BCUT2D eigenvalue weighted by Crippen LogP contribution is 1.84. The molecule has 3 heteroatoms. The molecule has 0 aromatic heterocycles. The van der Waals surface area contributed by atoms with Crippen LogP contribution in [0.15, 0.2) is 0 Å². The van der Waals surface area contributed by atoms with Crippen molar-refractivity contribution in [3.05, 3.63) is 6.42 Å². The van der Waals surface area contributed by atoms with E-state index in [1.165, 1.54) is 0 Å². The van der Waals surface area contributed by atoms with E-state index in [9.17, 15) is 9.59 Å². The summed E-state index contributed by atoms with van der Waals surface area (Å²) in [5, 5.41) is 7.94. The summed E-state index contributed by atoms with van der Waals surface area (Å²) in [5.41, 5.74) is 0. The van der Waals surface area contributed by atoms with E-state index < -0.39 is 5.97 Å². The normalized spacial score (nSPS) is 8.62. The summed E-state index contributed by atoms with van der Waals surface area (Å²) in [6, 6.07) is 0. The summed E-state index contributed by atoms with van der Waals surface area (Å²) < 4.78 is 0. The van der Waals surface area contributed by atoms with Gasteiger partial charge in [-0.3, -0.25) is 9.59 Å². The highest BCUT2D eigenvalue weighted by atomic mass is 16.4. The van der Waals surface area contributed by atoms with Crippen molar-refractivity contribution < 1.29 is 14.7 Å². The Morgan fingerprint density at radius 2 is 2.12 bits per heavy atom. The van der Waals surface area contributed by atoms with Crippen LogP contribution in [0.25, 0.3) is 0 Å². The number of carbonyl (C=O) groups excluding carboxylic acids is 1. The molecule has 45 valence electrons. The fourth-order valence-electron chi connectivity index (χ4n) is 0.240. The topological polar surface area (TPSA) is 54.4 Å². The maximum Gasteiger partial charge on any atom is 0.315 e. The van der Waals surface area contributed by atoms with Crippen molar-refractivity contribution in [1.29, 1.82) is 0 Å². The van der Waals surface area contributed by atoms with Gasteiger partial charge in [0.15, 0.2) is 0 Å². The summed E-state index contributed by atoms with van der Waals surface area (Å²) in [4.78, 5) is 19.9. The number of ketones is 1. The Kier molecular flexibility index (Phi) is 2.84. The van der Waals surface area contributed by atoms with Gasteiger partial charge in [-0.2, -0.15) is 0 Å². The summed E-state index contributed by atoms with van der Waals surface area (Å²) in [6.45, 7) is 1.61. The molecular formula is C5H7O3. The number of hydrogen-bond acceptors (Lipinski definition) is 2. The Labute approximate surface area is 47.3 Å². The van der Waals surface area contributed by atoms with Crippen LogP contribution in [0.1, 0.15) is 13.3 Å². The molecule has 1 N–H and O–H groups in total. The van der Waals surface area contributed by atoms with Crippen LogP contribution in [0, 0.1) is 6.42 Å². The molecule has 0 atom stereocenters. The van der Waals surface area contributed by atoms with Crippen LogP contribution in [0.4, 0.5) is 0 Å². The van der Waals surface area contributed by atoms with E-state index in [4.69, 9.17) is 5.11 Å². The highest BCUT2D eigenvalue weighted by Gasteiger charge is 2.03. The Hall–Kier alpha value is -0.860. The zero-order valence-electron chi connectivity index (χ0n) is 4.55. The van der Waals surface area contributed by atoms with Gasteiger partial charge in [0.25, 0.3) is 0 Å². The van der Waals surface area contributed by atoms with Gasteiger partial charge in [-0.05, 0) is 0 Å². The van der Waals surface area contributed by atoms with Gasteiger partial charge in [-0.1, -0.05) is 6.92 Å². The third-order valence-electron chi connectivity index (χ3n) is 0.633. The first-order valence-corrected chi connectivity index (χ1v) is 2.27. The van der Waals surface area contributed by atoms with Crippen LogP contribution in [-0.2, 0) is 9.59 Å². The second-order valence-electron chi connectivity index (χ2n) is 1.30. The van der Waals surface area contributed by atoms with Gasteiger partial charge in [0.2, 0.25) is 0 Å². The molecule has 0 saturated heterocycles. The molecule has 8 heavy (non-hydrogen) atoms. The third kappa shape index (κ3) is 3.33. The second-order valence-corrected chi connectivity index (χ2v) is 1.30. The van der Waals surface area contributed by atoms with Gasteiger partial charge in [0, 0.05) is 6.42 Å². The van der Waals surface area contributed by atoms with Crippen molar-refractivity contribution in [2.24, 2.45) is 0 Å². The summed E-state index contributed by atoms with van der Waals surface area (Å²) in [5.74, 6) is -1.52. The smallest absolute Gasteiger partial charge is 0.315 e. The Morgan fingerprint density at radius 3 is 2.25 bits per heavy atom. The molecule has 0 heterocycles.